The number of hydrogen-bond acceptors (Lipinski definition) is 2. The quantitative estimate of drug-likeness (QED) is 0.544. The normalized spacial score (nSPS) is 22.4. The Labute approximate surface area is 119 Å². The maximum Gasteiger partial charge on any atom is 0.0537 e. The maximum atomic E-state index is 9.29. The highest BCUT2D eigenvalue weighted by atomic mass is 16.3. The molecule has 1 rings (SSSR count). The first-order valence-electron chi connectivity index (χ1n) is 8.26. The van der Waals surface area contributed by atoms with E-state index in [0.29, 0.717) is 0 Å². The zero-order chi connectivity index (χ0) is 14.0. The van der Waals surface area contributed by atoms with Crippen molar-refractivity contribution in [3.05, 3.63) is 11.8 Å². The molecule has 0 fully saturated rings. The lowest BCUT2D eigenvalue weighted by Crippen LogP contribution is -2.25. The van der Waals surface area contributed by atoms with E-state index in [0.717, 1.165) is 13.0 Å². The minimum absolute atomic E-state index is 0.0192. The molecule has 0 amide bonds. The number of hydrogen-bond donors (Lipinski definition) is 2. The summed E-state index contributed by atoms with van der Waals surface area (Å²) in [5.41, 5.74) is 1.33. The molecule has 0 radical (unpaired) electrons. The Morgan fingerprint density at radius 3 is 2.16 bits per heavy atom. The van der Waals surface area contributed by atoms with E-state index in [4.69, 9.17) is 0 Å². The molecule has 0 spiro atoms. The second-order valence-electron chi connectivity index (χ2n) is 6.41. The number of rotatable bonds is 11. The molecule has 0 aromatic rings. The van der Waals surface area contributed by atoms with Crippen LogP contribution in [0.15, 0.2) is 11.8 Å². The molecule has 2 nitrogen and oxygen atoms in total. The lowest BCUT2D eigenvalue weighted by molar-refractivity contribution is 0.192. The predicted molar refractivity (Wildman–Crippen MR) is 83.1 cm³/mol. The van der Waals surface area contributed by atoms with Crippen molar-refractivity contribution in [2.24, 2.45) is 5.41 Å². The van der Waals surface area contributed by atoms with Crippen molar-refractivity contribution in [3.63, 3.8) is 0 Å². The minimum Gasteiger partial charge on any atom is -0.395 e. The van der Waals surface area contributed by atoms with E-state index < -0.39 is 0 Å². The van der Waals surface area contributed by atoms with Crippen LogP contribution in [0.3, 0.4) is 0 Å². The van der Waals surface area contributed by atoms with Gasteiger partial charge in [-0.05, 0) is 12.8 Å². The fraction of sp³-hybridized carbons (Fsp3) is 0.882. The summed E-state index contributed by atoms with van der Waals surface area (Å²) in [5, 5.41) is 12.7. The van der Waals surface area contributed by atoms with Crippen LogP contribution in [0.5, 0.6) is 0 Å². The topological polar surface area (TPSA) is 32.3 Å². The summed E-state index contributed by atoms with van der Waals surface area (Å²) in [7, 11) is 0. The third-order valence-electron chi connectivity index (χ3n) is 4.15. The van der Waals surface area contributed by atoms with Crippen molar-refractivity contribution in [2.45, 2.75) is 78.1 Å². The number of aliphatic hydroxyl groups is 1. The smallest absolute Gasteiger partial charge is 0.0537 e. The maximum absolute atomic E-state index is 9.29. The lowest BCUT2D eigenvalue weighted by Gasteiger charge is -2.15. The fourth-order valence-corrected chi connectivity index (χ4v) is 2.73. The van der Waals surface area contributed by atoms with E-state index in [1.54, 1.807) is 0 Å². The van der Waals surface area contributed by atoms with Gasteiger partial charge in [0.1, 0.15) is 0 Å². The molecule has 2 N–H and O–H groups in total. The first-order valence-corrected chi connectivity index (χ1v) is 8.26. The summed E-state index contributed by atoms with van der Waals surface area (Å²) in [4.78, 5) is 0. The largest absolute Gasteiger partial charge is 0.395 e. The van der Waals surface area contributed by atoms with Crippen LogP contribution in [0.25, 0.3) is 0 Å². The first-order chi connectivity index (χ1) is 9.20. The SMILES string of the molecule is CCCCCCCCCCCC1=CC(C)(CO)CN1. The van der Waals surface area contributed by atoms with Gasteiger partial charge in [-0.2, -0.15) is 0 Å². The Morgan fingerprint density at radius 2 is 1.63 bits per heavy atom. The Kier molecular flexibility index (Phi) is 8.20. The van der Waals surface area contributed by atoms with E-state index in [-0.39, 0.29) is 12.0 Å². The molecule has 0 aromatic carbocycles. The van der Waals surface area contributed by atoms with Gasteiger partial charge >= 0.3 is 0 Å². The van der Waals surface area contributed by atoms with Gasteiger partial charge in [0.2, 0.25) is 0 Å². The second-order valence-corrected chi connectivity index (χ2v) is 6.41. The van der Waals surface area contributed by atoms with E-state index in [1.807, 2.05) is 0 Å². The molecular formula is C17H33NO. The molecular weight excluding hydrogens is 234 g/mol. The molecule has 1 atom stereocenters. The standard InChI is InChI=1S/C17H33NO/c1-3-4-5-6-7-8-9-10-11-12-16-13-17(2,15-19)14-18-16/h13,18-19H,3-12,14-15H2,1-2H3. The van der Waals surface area contributed by atoms with Crippen molar-refractivity contribution in [1.82, 2.24) is 5.32 Å². The number of nitrogens with one attached hydrogen (secondary N) is 1. The zero-order valence-electron chi connectivity index (χ0n) is 13.0. The van der Waals surface area contributed by atoms with E-state index >= 15 is 0 Å². The summed E-state index contributed by atoms with van der Waals surface area (Å²) >= 11 is 0. The van der Waals surface area contributed by atoms with Crippen molar-refractivity contribution in [1.29, 1.82) is 0 Å². The molecule has 19 heavy (non-hydrogen) atoms. The van der Waals surface area contributed by atoms with Gasteiger partial charge in [0, 0.05) is 17.7 Å². The molecule has 0 aromatic heterocycles. The molecule has 0 bridgehead atoms. The summed E-state index contributed by atoms with van der Waals surface area (Å²) in [6, 6.07) is 0. The van der Waals surface area contributed by atoms with Crippen LogP contribution < -0.4 is 5.32 Å². The highest BCUT2D eigenvalue weighted by Crippen LogP contribution is 2.26. The van der Waals surface area contributed by atoms with Gasteiger partial charge in [-0.15, -0.1) is 0 Å². The van der Waals surface area contributed by atoms with Crippen molar-refractivity contribution >= 4 is 0 Å². The van der Waals surface area contributed by atoms with Crippen LogP contribution in [0, 0.1) is 5.41 Å². The summed E-state index contributed by atoms with van der Waals surface area (Å²) in [6.07, 6.45) is 15.8. The molecule has 0 saturated carbocycles. The second kappa shape index (κ2) is 9.41. The number of aliphatic hydroxyl groups excluding tert-OH is 1. The lowest BCUT2D eigenvalue weighted by atomic mass is 9.93. The van der Waals surface area contributed by atoms with Crippen molar-refractivity contribution in [2.75, 3.05) is 13.2 Å². The van der Waals surface area contributed by atoms with Gasteiger partial charge < -0.3 is 10.4 Å². The molecule has 0 saturated heterocycles. The Bertz CT molecular complexity index is 262. The van der Waals surface area contributed by atoms with Gasteiger partial charge in [0.25, 0.3) is 0 Å². The zero-order valence-corrected chi connectivity index (χ0v) is 13.0. The average Bonchev–Trinajstić information content (AvgIpc) is 2.79. The molecule has 112 valence electrons. The van der Waals surface area contributed by atoms with Crippen LogP contribution in [-0.4, -0.2) is 18.3 Å². The molecule has 1 aliphatic heterocycles. The van der Waals surface area contributed by atoms with Crippen LogP contribution >= 0.6 is 0 Å². The predicted octanol–water partition coefficient (Wildman–Crippen LogP) is 4.39. The fourth-order valence-electron chi connectivity index (χ4n) is 2.73. The monoisotopic (exact) mass is 267 g/mol. The number of unbranched alkanes of at least 4 members (excludes halogenated alkanes) is 8. The van der Waals surface area contributed by atoms with Crippen molar-refractivity contribution in [3.8, 4) is 0 Å². The van der Waals surface area contributed by atoms with Gasteiger partial charge in [0.05, 0.1) is 6.61 Å². The highest BCUT2D eigenvalue weighted by Gasteiger charge is 2.26. The third kappa shape index (κ3) is 7.00. The molecule has 1 unspecified atom stereocenters. The summed E-state index contributed by atoms with van der Waals surface area (Å²) in [5.74, 6) is 0. The third-order valence-corrected chi connectivity index (χ3v) is 4.15. The van der Waals surface area contributed by atoms with Crippen LogP contribution in [0.1, 0.15) is 78.1 Å². The Balaban J connectivity index is 1.93. The summed E-state index contributed by atoms with van der Waals surface area (Å²) in [6.45, 7) is 5.54. The van der Waals surface area contributed by atoms with E-state index in [1.165, 1.54) is 63.5 Å². The molecule has 0 aliphatic carbocycles. The van der Waals surface area contributed by atoms with Crippen LogP contribution in [-0.2, 0) is 0 Å². The van der Waals surface area contributed by atoms with E-state index in [2.05, 4.69) is 25.2 Å². The van der Waals surface area contributed by atoms with Crippen LogP contribution in [0.2, 0.25) is 0 Å². The van der Waals surface area contributed by atoms with Crippen LogP contribution in [0.4, 0.5) is 0 Å². The molecule has 2 heteroatoms. The van der Waals surface area contributed by atoms with Gasteiger partial charge in [-0.3, -0.25) is 0 Å². The van der Waals surface area contributed by atoms with Gasteiger partial charge in [0.15, 0.2) is 0 Å². The van der Waals surface area contributed by atoms with Gasteiger partial charge in [-0.25, -0.2) is 0 Å². The number of allylic oxidation sites excluding steroid dienone is 1. The molecule has 1 heterocycles. The van der Waals surface area contributed by atoms with Gasteiger partial charge in [-0.1, -0.05) is 71.3 Å². The Morgan fingerprint density at radius 1 is 1.05 bits per heavy atom. The summed E-state index contributed by atoms with van der Waals surface area (Å²) < 4.78 is 0. The minimum atomic E-state index is -0.0192. The highest BCUT2D eigenvalue weighted by molar-refractivity contribution is 5.15. The Hall–Kier alpha value is -0.500. The van der Waals surface area contributed by atoms with E-state index in [9.17, 15) is 5.11 Å². The first kappa shape index (κ1) is 16.6. The molecule has 1 aliphatic rings. The van der Waals surface area contributed by atoms with Crippen molar-refractivity contribution < 1.29 is 5.11 Å². The average molecular weight is 267 g/mol.